The smallest absolute Gasteiger partial charge is 0.192 e. The van der Waals surface area contributed by atoms with E-state index < -0.39 is 0 Å². The van der Waals surface area contributed by atoms with E-state index in [0.29, 0.717) is 5.89 Å². The molecule has 1 heterocycles. The van der Waals surface area contributed by atoms with Gasteiger partial charge in [0.05, 0.1) is 12.0 Å². The molecule has 16 heavy (non-hydrogen) atoms. The Labute approximate surface area is 93.7 Å². The predicted octanol–water partition coefficient (Wildman–Crippen LogP) is 2.94. The van der Waals surface area contributed by atoms with Gasteiger partial charge in [0.2, 0.25) is 0 Å². The molecule has 3 nitrogen and oxygen atoms in total. The van der Waals surface area contributed by atoms with Gasteiger partial charge in [-0.05, 0) is 24.1 Å². The quantitative estimate of drug-likeness (QED) is 0.730. The second kappa shape index (κ2) is 2.85. The molecule has 0 spiro atoms. The van der Waals surface area contributed by atoms with Crippen LogP contribution in [0.5, 0.6) is 0 Å². The molecule has 3 heteroatoms. The lowest BCUT2D eigenvalue weighted by Gasteiger charge is -2.08. The van der Waals surface area contributed by atoms with Crippen molar-refractivity contribution < 1.29 is 4.42 Å². The third-order valence-electron chi connectivity index (χ3n) is 3.55. The molecule has 0 N–H and O–H groups in total. The first-order valence-electron chi connectivity index (χ1n) is 5.41. The average molecular weight is 212 g/mol. The molecule has 0 saturated heterocycles. The molecule has 0 aliphatic heterocycles. The molecule has 2 aromatic rings. The third kappa shape index (κ3) is 1.16. The second-order valence-corrected chi connectivity index (χ2v) is 4.72. The van der Waals surface area contributed by atoms with Crippen molar-refractivity contribution in [1.82, 2.24) is 4.98 Å². The summed E-state index contributed by atoms with van der Waals surface area (Å²) < 4.78 is 5.51. The Balaban J connectivity index is 2.10. The maximum absolute atomic E-state index is 8.93. The minimum atomic E-state index is 0.0175. The summed E-state index contributed by atoms with van der Waals surface area (Å²) in [5, 5.41) is 8.93. The van der Waals surface area contributed by atoms with Gasteiger partial charge in [-0.2, -0.15) is 5.26 Å². The number of rotatable bonds is 1. The van der Waals surface area contributed by atoms with E-state index in [9.17, 15) is 0 Å². The van der Waals surface area contributed by atoms with Crippen LogP contribution in [-0.4, -0.2) is 4.98 Å². The number of nitrogens with zero attached hydrogens (tertiary/aromatic N) is 2. The summed E-state index contributed by atoms with van der Waals surface area (Å²) in [6.45, 7) is 3.97. The molecule has 2 unspecified atom stereocenters. The molecule has 0 bridgehead atoms. The minimum Gasteiger partial charge on any atom is -0.441 e. The third-order valence-corrected chi connectivity index (χ3v) is 3.55. The summed E-state index contributed by atoms with van der Waals surface area (Å²) in [5.41, 5.74) is 2.91. The summed E-state index contributed by atoms with van der Waals surface area (Å²) in [6, 6.07) is 8.38. The number of hydrogen-bond donors (Lipinski definition) is 0. The van der Waals surface area contributed by atoms with Crippen LogP contribution in [0.2, 0.25) is 0 Å². The largest absolute Gasteiger partial charge is 0.441 e. The number of aromatic nitrogens is 1. The summed E-state index contributed by atoms with van der Waals surface area (Å²) in [5.74, 6) is 0.832. The number of hydrogen-bond acceptors (Lipinski definition) is 3. The van der Waals surface area contributed by atoms with Crippen molar-refractivity contribution in [3.8, 4) is 6.07 Å². The second-order valence-electron chi connectivity index (χ2n) is 4.72. The molecule has 1 saturated carbocycles. The summed E-state index contributed by atoms with van der Waals surface area (Å²) in [6.07, 6.45) is 0.947. The highest BCUT2D eigenvalue weighted by atomic mass is 16.3. The summed E-state index contributed by atoms with van der Waals surface area (Å²) in [7, 11) is 0. The first kappa shape index (κ1) is 9.41. The van der Waals surface area contributed by atoms with E-state index in [-0.39, 0.29) is 11.3 Å². The van der Waals surface area contributed by atoms with Crippen LogP contribution < -0.4 is 0 Å². The van der Waals surface area contributed by atoms with Crippen LogP contribution >= 0.6 is 0 Å². The van der Waals surface area contributed by atoms with Crippen LogP contribution in [-0.2, 0) is 5.41 Å². The Kier molecular flexibility index (Phi) is 1.68. The Morgan fingerprint density at radius 2 is 2.38 bits per heavy atom. The minimum absolute atomic E-state index is 0.0175. The highest BCUT2D eigenvalue weighted by Crippen LogP contribution is 2.53. The first-order chi connectivity index (χ1) is 7.63. The van der Waals surface area contributed by atoms with E-state index in [0.717, 1.165) is 17.5 Å². The highest BCUT2D eigenvalue weighted by molar-refractivity contribution is 5.74. The lowest BCUT2D eigenvalue weighted by molar-refractivity contribution is 0.560. The monoisotopic (exact) mass is 212 g/mol. The van der Waals surface area contributed by atoms with Gasteiger partial charge in [0.15, 0.2) is 11.5 Å². The molecular formula is C13H12N2O. The van der Waals surface area contributed by atoms with Gasteiger partial charge in [-0.3, -0.25) is 0 Å². The number of fused-ring (bicyclic) bond motifs is 1. The first-order valence-corrected chi connectivity index (χ1v) is 5.41. The number of oxazole rings is 1. The van der Waals surface area contributed by atoms with Crippen molar-refractivity contribution in [2.75, 3.05) is 0 Å². The van der Waals surface area contributed by atoms with Gasteiger partial charge in [0.25, 0.3) is 0 Å². The highest BCUT2D eigenvalue weighted by Gasteiger charge is 2.51. The van der Waals surface area contributed by atoms with Gasteiger partial charge in [0, 0.05) is 12.3 Å². The standard InChI is InChI=1S/C13H12N2O/c1-8-15-11-4-3-9(5-12(11)16-8)13(2)6-10(13)7-14/h3-5,10H,6H2,1-2H3. The molecule has 1 fully saturated rings. The van der Waals surface area contributed by atoms with Crippen molar-refractivity contribution in [3.05, 3.63) is 29.7 Å². The van der Waals surface area contributed by atoms with Gasteiger partial charge in [-0.15, -0.1) is 0 Å². The molecule has 0 amide bonds. The normalized spacial score (nSPS) is 27.9. The van der Waals surface area contributed by atoms with Crippen LogP contribution in [0.15, 0.2) is 22.6 Å². The molecule has 1 aromatic heterocycles. The fraction of sp³-hybridized carbons (Fsp3) is 0.385. The van der Waals surface area contributed by atoms with Crippen molar-refractivity contribution in [1.29, 1.82) is 5.26 Å². The van der Waals surface area contributed by atoms with Crippen molar-refractivity contribution in [3.63, 3.8) is 0 Å². The van der Waals surface area contributed by atoms with E-state index in [1.807, 2.05) is 19.1 Å². The van der Waals surface area contributed by atoms with E-state index in [1.165, 1.54) is 5.56 Å². The van der Waals surface area contributed by atoms with Gasteiger partial charge in [-0.25, -0.2) is 4.98 Å². The molecule has 1 aliphatic rings. The molecule has 2 atom stereocenters. The molecular weight excluding hydrogens is 200 g/mol. The van der Waals surface area contributed by atoms with Crippen LogP contribution in [0.4, 0.5) is 0 Å². The van der Waals surface area contributed by atoms with Crippen molar-refractivity contribution >= 4 is 11.1 Å². The number of benzene rings is 1. The van der Waals surface area contributed by atoms with E-state index in [2.05, 4.69) is 24.0 Å². The van der Waals surface area contributed by atoms with E-state index >= 15 is 0 Å². The number of nitriles is 1. The Hall–Kier alpha value is -1.82. The van der Waals surface area contributed by atoms with Gasteiger partial charge in [0.1, 0.15) is 5.52 Å². The zero-order valence-corrected chi connectivity index (χ0v) is 9.32. The Bertz CT molecular complexity index is 608. The fourth-order valence-electron chi connectivity index (χ4n) is 2.27. The molecule has 0 radical (unpaired) electrons. The maximum atomic E-state index is 8.93. The van der Waals surface area contributed by atoms with Crippen LogP contribution in [0.3, 0.4) is 0 Å². The zero-order chi connectivity index (χ0) is 11.3. The zero-order valence-electron chi connectivity index (χ0n) is 9.32. The topological polar surface area (TPSA) is 49.8 Å². The SMILES string of the molecule is Cc1nc2ccc(C3(C)CC3C#N)cc2o1. The van der Waals surface area contributed by atoms with Gasteiger partial charge in [-0.1, -0.05) is 13.0 Å². The van der Waals surface area contributed by atoms with Gasteiger partial charge < -0.3 is 4.42 Å². The molecule has 1 aromatic carbocycles. The fourth-order valence-corrected chi connectivity index (χ4v) is 2.27. The van der Waals surface area contributed by atoms with E-state index in [4.69, 9.17) is 9.68 Å². The van der Waals surface area contributed by atoms with E-state index in [1.54, 1.807) is 0 Å². The summed E-state index contributed by atoms with van der Waals surface area (Å²) in [4.78, 5) is 4.26. The Morgan fingerprint density at radius 3 is 3.06 bits per heavy atom. The van der Waals surface area contributed by atoms with Gasteiger partial charge >= 0.3 is 0 Å². The molecule has 80 valence electrons. The lowest BCUT2D eigenvalue weighted by atomic mass is 9.95. The Morgan fingerprint density at radius 1 is 1.56 bits per heavy atom. The van der Waals surface area contributed by atoms with Crippen molar-refractivity contribution in [2.45, 2.75) is 25.7 Å². The maximum Gasteiger partial charge on any atom is 0.192 e. The molecule has 3 rings (SSSR count). The van der Waals surface area contributed by atoms with Crippen molar-refractivity contribution in [2.24, 2.45) is 5.92 Å². The predicted molar refractivity (Wildman–Crippen MR) is 59.8 cm³/mol. The number of aryl methyl sites for hydroxylation is 1. The lowest BCUT2D eigenvalue weighted by Crippen LogP contribution is -2.02. The van der Waals surface area contributed by atoms with Crippen LogP contribution in [0.1, 0.15) is 24.8 Å². The van der Waals surface area contributed by atoms with Crippen LogP contribution in [0.25, 0.3) is 11.1 Å². The summed E-state index contributed by atoms with van der Waals surface area (Å²) >= 11 is 0. The average Bonchev–Trinajstić information content (AvgIpc) is 2.80. The van der Waals surface area contributed by atoms with Crippen LogP contribution in [0, 0.1) is 24.2 Å². The molecule has 1 aliphatic carbocycles.